The highest BCUT2D eigenvalue weighted by atomic mass is 16.7. The number of hydrogen-bond acceptors (Lipinski definition) is 3. The molecule has 0 heterocycles. The summed E-state index contributed by atoms with van der Waals surface area (Å²) < 4.78 is 0. The van der Waals surface area contributed by atoms with Crippen molar-refractivity contribution in [3.05, 3.63) is 112 Å². The molecule has 0 aliphatic rings. The van der Waals surface area contributed by atoms with Crippen LogP contribution in [-0.4, -0.2) is 10.7 Å². The van der Waals surface area contributed by atoms with Gasteiger partial charge in [0.1, 0.15) is 5.69 Å². The smallest absolute Gasteiger partial charge is 0.215 e. The predicted octanol–water partition coefficient (Wildman–Crippen LogP) is 4.14. The highest BCUT2D eigenvalue weighted by Gasteiger charge is 2.21. The van der Waals surface area contributed by atoms with Crippen molar-refractivity contribution in [2.45, 2.75) is 0 Å². The zero-order valence-corrected chi connectivity index (χ0v) is 12.8. The van der Waals surface area contributed by atoms with Crippen molar-refractivity contribution in [2.24, 2.45) is 5.10 Å². The van der Waals surface area contributed by atoms with E-state index in [0.29, 0.717) is 11.4 Å². The molecule has 0 N–H and O–H groups in total. The predicted molar refractivity (Wildman–Crippen MR) is 94.4 cm³/mol. The Kier molecular flexibility index (Phi) is 4.62. The largest absolute Gasteiger partial charge is 0.339 e. The first-order valence-electron chi connectivity index (χ1n) is 7.44. The lowest BCUT2D eigenvalue weighted by Gasteiger charge is -2.10. The monoisotopic (exact) mass is 317 g/mol. The van der Waals surface area contributed by atoms with E-state index < -0.39 is 5.03 Å². The van der Waals surface area contributed by atoms with Gasteiger partial charge in [0.2, 0.25) is 5.71 Å². The number of para-hydroxylation sites is 1. The molecule has 118 valence electrons. The van der Waals surface area contributed by atoms with Gasteiger partial charge < -0.3 is 10.1 Å². The number of hydrazine groups is 1. The fourth-order valence-electron chi connectivity index (χ4n) is 2.32. The van der Waals surface area contributed by atoms with Crippen LogP contribution >= 0.6 is 0 Å². The Bertz CT molecular complexity index is 793. The Balaban J connectivity index is 2.13. The summed E-state index contributed by atoms with van der Waals surface area (Å²) in [6.45, 7) is 0. The lowest BCUT2D eigenvalue weighted by molar-refractivity contribution is -0.495. The SMILES string of the molecule is O=[N+]([O-])N(N=C(c1ccccc1)c1ccccc1)c1ccccc1. The van der Waals surface area contributed by atoms with E-state index in [4.69, 9.17) is 0 Å². The Hall–Kier alpha value is -3.47. The van der Waals surface area contributed by atoms with Crippen LogP contribution in [0.1, 0.15) is 11.1 Å². The van der Waals surface area contributed by atoms with Crippen LogP contribution in [0.4, 0.5) is 5.69 Å². The topological polar surface area (TPSA) is 58.7 Å². The number of nitrogens with zero attached hydrogens (tertiary/aromatic N) is 3. The molecule has 0 bridgehead atoms. The minimum Gasteiger partial charge on any atom is -0.339 e. The molecule has 5 heteroatoms. The van der Waals surface area contributed by atoms with Crippen molar-refractivity contribution in [1.82, 2.24) is 0 Å². The fraction of sp³-hybridized carbons (Fsp3) is 0. The van der Waals surface area contributed by atoms with Crippen LogP contribution < -0.4 is 5.12 Å². The molecule has 0 saturated heterocycles. The second kappa shape index (κ2) is 7.19. The van der Waals surface area contributed by atoms with Gasteiger partial charge in [-0.15, -0.1) is 0 Å². The molecular formula is C19H15N3O2. The maximum atomic E-state index is 11.5. The molecule has 3 rings (SSSR count). The third-order valence-corrected chi connectivity index (χ3v) is 3.43. The quantitative estimate of drug-likeness (QED) is 0.404. The molecule has 0 spiro atoms. The molecule has 0 aliphatic heterocycles. The second-order valence-electron chi connectivity index (χ2n) is 5.04. The molecule has 0 saturated carbocycles. The van der Waals surface area contributed by atoms with Crippen LogP contribution in [0.15, 0.2) is 96.1 Å². The molecule has 0 amide bonds. The van der Waals surface area contributed by atoms with E-state index in [1.807, 2.05) is 60.7 Å². The summed E-state index contributed by atoms with van der Waals surface area (Å²) in [5, 5.41) is 16.1. The Morgan fingerprint density at radius 3 is 1.58 bits per heavy atom. The average molecular weight is 317 g/mol. The van der Waals surface area contributed by atoms with E-state index in [2.05, 4.69) is 5.10 Å². The molecule has 3 aromatic carbocycles. The van der Waals surface area contributed by atoms with E-state index in [1.54, 1.807) is 30.3 Å². The van der Waals surface area contributed by atoms with E-state index >= 15 is 0 Å². The maximum Gasteiger partial charge on any atom is 0.215 e. The maximum absolute atomic E-state index is 11.5. The highest BCUT2D eigenvalue weighted by molar-refractivity contribution is 6.13. The third-order valence-electron chi connectivity index (χ3n) is 3.43. The lowest BCUT2D eigenvalue weighted by Crippen LogP contribution is -2.26. The Morgan fingerprint density at radius 2 is 1.17 bits per heavy atom. The van der Waals surface area contributed by atoms with Gasteiger partial charge in [0, 0.05) is 16.2 Å². The van der Waals surface area contributed by atoms with Crippen molar-refractivity contribution >= 4 is 11.4 Å². The van der Waals surface area contributed by atoms with Crippen LogP contribution in [0.3, 0.4) is 0 Å². The number of hydrogen-bond donors (Lipinski definition) is 0. The first-order chi connectivity index (χ1) is 11.8. The van der Waals surface area contributed by atoms with Crippen LogP contribution in [0.5, 0.6) is 0 Å². The van der Waals surface area contributed by atoms with Gasteiger partial charge in [-0.25, -0.2) is 0 Å². The lowest BCUT2D eigenvalue weighted by atomic mass is 10.0. The molecule has 5 nitrogen and oxygen atoms in total. The molecule has 0 aromatic heterocycles. The van der Waals surface area contributed by atoms with Gasteiger partial charge in [0.05, 0.1) is 10.1 Å². The first-order valence-corrected chi connectivity index (χ1v) is 7.44. The summed E-state index contributed by atoms with van der Waals surface area (Å²) in [5.41, 5.74) is 2.56. The van der Waals surface area contributed by atoms with E-state index in [-0.39, 0.29) is 0 Å². The Morgan fingerprint density at radius 1 is 0.750 bits per heavy atom. The third kappa shape index (κ3) is 3.47. The zero-order valence-electron chi connectivity index (χ0n) is 12.8. The normalized spacial score (nSPS) is 10.0. The summed E-state index contributed by atoms with van der Waals surface area (Å²) in [6.07, 6.45) is 0. The molecule has 3 aromatic rings. The number of rotatable bonds is 5. The summed E-state index contributed by atoms with van der Waals surface area (Å²) in [7, 11) is 0. The Labute approximate surface area is 139 Å². The van der Waals surface area contributed by atoms with Crippen molar-refractivity contribution < 1.29 is 5.03 Å². The van der Waals surface area contributed by atoms with Crippen LogP contribution in [-0.2, 0) is 0 Å². The van der Waals surface area contributed by atoms with Gasteiger partial charge in [-0.1, -0.05) is 78.9 Å². The van der Waals surface area contributed by atoms with Crippen LogP contribution in [0.2, 0.25) is 0 Å². The van der Waals surface area contributed by atoms with Crippen LogP contribution in [0.25, 0.3) is 0 Å². The van der Waals surface area contributed by atoms with E-state index in [1.165, 1.54) is 0 Å². The molecule has 24 heavy (non-hydrogen) atoms. The van der Waals surface area contributed by atoms with Gasteiger partial charge in [0.15, 0.2) is 0 Å². The summed E-state index contributed by atoms with van der Waals surface area (Å²) in [5.74, 6) is 0. The van der Waals surface area contributed by atoms with E-state index in [0.717, 1.165) is 16.2 Å². The fourth-order valence-corrected chi connectivity index (χ4v) is 2.32. The molecule has 0 radical (unpaired) electrons. The molecule has 0 aliphatic carbocycles. The highest BCUT2D eigenvalue weighted by Crippen LogP contribution is 2.17. The zero-order chi connectivity index (χ0) is 16.8. The van der Waals surface area contributed by atoms with Crippen LogP contribution in [0, 0.1) is 10.1 Å². The standard InChI is InChI=1S/C19H15N3O2/c23-22(24)21(18-14-8-3-9-15-18)20-19(16-10-4-1-5-11-16)17-12-6-2-7-13-17/h1-15H. The van der Waals surface area contributed by atoms with Crippen molar-refractivity contribution in [1.29, 1.82) is 0 Å². The van der Waals surface area contributed by atoms with Gasteiger partial charge in [-0.05, 0) is 12.1 Å². The van der Waals surface area contributed by atoms with Gasteiger partial charge >= 0.3 is 0 Å². The molecule has 0 fully saturated rings. The van der Waals surface area contributed by atoms with Crippen molar-refractivity contribution in [3.63, 3.8) is 0 Å². The number of anilines is 1. The molecule has 0 atom stereocenters. The van der Waals surface area contributed by atoms with E-state index in [9.17, 15) is 10.1 Å². The van der Waals surface area contributed by atoms with Crippen molar-refractivity contribution in [2.75, 3.05) is 5.12 Å². The van der Waals surface area contributed by atoms with Gasteiger partial charge in [-0.3, -0.25) is 0 Å². The molecule has 0 unspecified atom stereocenters. The summed E-state index contributed by atoms with van der Waals surface area (Å²) in [4.78, 5) is 11.5. The number of nitro groups is 1. The minimum atomic E-state index is -0.527. The molecular weight excluding hydrogens is 302 g/mol. The second-order valence-corrected chi connectivity index (χ2v) is 5.04. The minimum absolute atomic E-state index is 0.395. The van der Waals surface area contributed by atoms with Gasteiger partial charge in [0.25, 0.3) is 0 Å². The van der Waals surface area contributed by atoms with Crippen molar-refractivity contribution in [3.8, 4) is 0 Å². The first kappa shape index (κ1) is 15.4. The average Bonchev–Trinajstić information content (AvgIpc) is 2.64. The number of hydrazone groups is 1. The summed E-state index contributed by atoms with van der Waals surface area (Å²) in [6, 6.07) is 27.5. The van der Waals surface area contributed by atoms with Gasteiger partial charge in [-0.2, -0.15) is 0 Å². The number of benzene rings is 3. The summed E-state index contributed by atoms with van der Waals surface area (Å²) >= 11 is 0.